The molecule has 0 bridgehead atoms. The van der Waals surface area contributed by atoms with Gasteiger partial charge < -0.3 is 28.0 Å². The Hall–Kier alpha value is -4.62. The fraction of sp³-hybridized carbons (Fsp3) is 0.462. The molecule has 0 aliphatic rings. The highest BCUT2D eigenvalue weighted by molar-refractivity contribution is 5.79. The molecule has 14 heteroatoms. The number of carbonyl (C=O) groups excluding carboxylic acids is 4. The molecule has 0 saturated heterocycles. The third-order valence-corrected chi connectivity index (χ3v) is 5.77. The maximum Gasteiger partial charge on any atom is 0.303 e. The average Bonchev–Trinajstić information content (AvgIpc) is 3.27. The molecule has 40 heavy (non-hydrogen) atoms. The molecular weight excluding hydrogens is 528 g/mol. The molecule has 0 fully saturated rings. The van der Waals surface area contributed by atoms with E-state index in [-0.39, 0.29) is 24.0 Å². The number of benzene rings is 1. The van der Waals surface area contributed by atoms with E-state index in [0.717, 1.165) is 38.8 Å². The maximum absolute atomic E-state index is 13.8. The highest BCUT2D eigenvalue weighted by Gasteiger charge is 2.39. The van der Waals surface area contributed by atoms with Crippen molar-refractivity contribution in [1.82, 2.24) is 19.7 Å². The van der Waals surface area contributed by atoms with Gasteiger partial charge in [-0.15, -0.1) is 0 Å². The molecule has 3 aromatic rings. The normalized spacial score (nSPS) is 13.3. The fourth-order valence-electron chi connectivity index (χ4n) is 4.00. The highest BCUT2D eigenvalue weighted by atomic mass is 16.6. The van der Waals surface area contributed by atoms with Crippen molar-refractivity contribution in [3.63, 3.8) is 0 Å². The Bertz CT molecular complexity index is 1510. The van der Waals surface area contributed by atoms with Gasteiger partial charge in [0.1, 0.15) is 6.61 Å². The first-order chi connectivity index (χ1) is 18.8. The van der Waals surface area contributed by atoms with Crippen LogP contribution in [0.5, 0.6) is 0 Å². The van der Waals surface area contributed by atoms with E-state index in [1.807, 2.05) is 13.8 Å². The van der Waals surface area contributed by atoms with Crippen LogP contribution in [-0.4, -0.2) is 68.5 Å². The number of rotatable bonds is 10. The van der Waals surface area contributed by atoms with Gasteiger partial charge in [-0.05, 0) is 44.0 Å². The predicted molar refractivity (Wildman–Crippen MR) is 137 cm³/mol. The summed E-state index contributed by atoms with van der Waals surface area (Å²) in [4.78, 5) is 70.1. The largest absolute Gasteiger partial charge is 0.462 e. The minimum Gasteiger partial charge on any atom is -0.462 e. The van der Waals surface area contributed by atoms with Gasteiger partial charge in [-0.2, -0.15) is 4.98 Å². The highest BCUT2D eigenvalue weighted by Crippen LogP contribution is 2.23. The van der Waals surface area contributed by atoms with Crippen molar-refractivity contribution in [3.8, 4) is 11.6 Å². The lowest BCUT2D eigenvalue weighted by Gasteiger charge is -2.32. The number of aromatic nitrogens is 4. The van der Waals surface area contributed by atoms with Gasteiger partial charge in [0, 0.05) is 27.7 Å². The number of esters is 4. The molecule has 3 rings (SSSR count). The van der Waals surface area contributed by atoms with E-state index in [0.29, 0.717) is 11.0 Å². The van der Waals surface area contributed by atoms with E-state index >= 15 is 0 Å². The Labute approximate surface area is 228 Å². The van der Waals surface area contributed by atoms with Crippen LogP contribution in [0.25, 0.3) is 22.6 Å². The molecule has 3 atom stereocenters. The van der Waals surface area contributed by atoms with Gasteiger partial charge in [-0.1, -0.05) is 5.16 Å². The standard InChI is InChI=1S/C26H30N4O10/c1-12-8-19-20(9-13(12)2)30(26(35)23(28-19)25-27-14(3)29-40-25)10-21(37-16(5)32)24(39-18(7)34)22(38-17(6)33)11-36-15(4)31/h8-9,21-22,24H,10-11H2,1-7H3/t21-,22+,24-/m0/s1. The number of fused-ring (bicyclic) bond motifs is 1. The van der Waals surface area contributed by atoms with Crippen molar-refractivity contribution < 1.29 is 42.6 Å². The lowest BCUT2D eigenvalue weighted by molar-refractivity contribution is -0.190. The molecule has 0 aliphatic heterocycles. The Morgan fingerprint density at radius 2 is 1.45 bits per heavy atom. The average molecular weight is 559 g/mol. The van der Waals surface area contributed by atoms with Crippen LogP contribution in [-0.2, 0) is 44.7 Å². The van der Waals surface area contributed by atoms with Crippen molar-refractivity contribution in [2.24, 2.45) is 0 Å². The van der Waals surface area contributed by atoms with Crippen molar-refractivity contribution in [3.05, 3.63) is 39.4 Å². The van der Waals surface area contributed by atoms with Crippen LogP contribution in [0.2, 0.25) is 0 Å². The van der Waals surface area contributed by atoms with Gasteiger partial charge >= 0.3 is 23.9 Å². The lowest BCUT2D eigenvalue weighted by Crippen LogP contribution is -2.50. The summed E-state index contributed by atoms with van der Waals surface area (Å²) in [6.07, 6.45) is -4.23. The summed E-state index contributed by atoms with van der Waals surface area (Å²) in [6.45, 7) is 8.89. The SMILES string of the molecule is CC(=O)OC[C@@H](OC(C)=O)[C@@H](OC(C)=O)[C@H](Cn1c(=O)c(-c2nc(C)no2)nc2cc(C)c(C)cc21)OC(C)=O. The molecule has 0 radical (unpaired) electrons. The zero-order valence-electron chi connectivity index (χ0n) is 23.2. The number of aryl methyl sites for hydroxylation is 3. The molecule has 0 N–H and O–H groups in total. The predicted octanol–water partition coefficient (Wildman–Crippen LogP) is 1.73. The first-order valence-corrected chi connectivity index (χ1v) is 12.2. The molecule has 0 amide bonds. The van der Waals surface area contributed by atoms with Crippen molar-refractivity contribution in [2.45, 2.75) is 73.3 Å². The molecule has 1 aromatic carbocycles. The van der Waals surface area contributed by atoms with E-state index in [9.17, 15) is 24.0 Å². The minimum absolute atomic E-state index is 0.121. The lowest BCUT2D eigenvalue weighted by atomic mass is 10.1. The quantitative estimate of drug-likeness (QED) is 0.260. The van der Waals surface area contributed by atoms with Crippen molar-refractivity contribution in [2.75, 3.05) is 6.61 Å². The number of nitrogens with zero attached hydrogens (tertiary/aromatic N) is 4. The molecule has 14 nitrogen and oxygen atoms in total. The number of hydrogen-bond donors (Lipinski definition) is 0. The second-order valence-corrected chi connectivity index (χ2v) is 9.12. The number of ether oxygens (including phenoxy) is 4. The molecular formula is C26H30N4O10. The van der Waals surface area contributed by atoms with Crippen LogP contribution >= 0.6 is 0 Å². The monoisotopic (exact) mass is 558 g/mol. The van der Waals surface area contributed by atoms with E-state index in [1.54, 1.807) is 19.1 Å². The summed E-state index contributed by atoms with van der Waals surface area (Å²) in [5.74, 6) is -2.88. The van der Waals surface area contributed by atoms with Gasteiger partial charge in [0.2, 0.25) is 0 Å². The Balaban J connectivity index is 2.24. The third kappa shape index (κ3) is 7.27. The van der Waals surface area contributed by atoms with Crippen molar-refractivity contribution >= 4 is 34.9 Å². The molecule has 2 heterocycles. The summed E-state index contributed by atoms with van der Waals surface area (Å²) >= 11 is 0. The molecule has 0 unspecified atom stereocenters. The topological polar surface area (TPSA) is 179 Å². The molecule has 0 saturated carbocycles. The first kappa shape index (κ1) is 29.9. The molecule has 0 aliphatic carbocycles. The Kier molecular flexibility index (Phi) is 9.35. The van der Waals surface area contributed by atoms with Crippen molar-refractivity contribution in [1.29, 1.82) is 0 Å². The van der Waals surface area contributed by atoms with Gasteiger partial charge in [0.25, 0.3) is 11.4 Å². The Morgan fingerprint density at radius 3 is 2.00 bits per heavy atom. The van der Waals surface area contributed by atoms with E-state index < -0.39 is 54.4 Å². The van der Waals surface area contributed by atoms with Gasteiger partial charge in [-0.25, -0.2) is 4.98 Å². The van der Waals surface area contributed by atoms with Gasteiger partial charge in [0.15, 0.2) is 29.8 Å². The molecule has 0 spiro atoms. The first-order valence-electron chi connectivity index (χ1n) is 12.2. The third-order valence-electron chi connectivity index (χ3n) is 5.77. The van der Waals surface area contributed by atoms with E-state index in [4.69, 9.17) is 23.5 Å². The fourth-order valence-corrected chi connectivity index (χ4v) is 4.00. The zero-order valence-corrected chi connectivity index (χ0v) is 23.2. The summed E-state index contributed by atoms with van der Waals surface area (Å²) < 4.78 is 27.7. The minimum atomic E-state index is -1.47. The second kappa shape index (κ2) is 12.5. The van der Waals surface area contributed by atoms with E-state index in [2.05, 4.69) is 15.1 Å². The van der Waals surface area contributed by atoms with Crippen LogP contribution in [0.3, 0.4) is 0 Å². The van der Waals surface area contributed by atoms with Gasteiger partial charge in [-0.3, -0.25) is 24.0 Å². The second-order valence-electron chi connectivity index (χ2n) is 9.12. The maximum atomic E-state index is 13.8. The van der Waals surface area contributed by atoms with Crippen LogP contribution in [0.1, 0.15) is 44.6 Å². The molecule has 214 valence electrons. The summed E-state index contributed by atoms with van der Waals surface area (Å²) in [6, 6.07) is 3.50. The zero-order chi connectivity index (χ0) is 29.7. The van der Waals surface area contributed by atoms with Crippen LogP contribution in [0.15, 0.2) is 21.5 Å². The van der Waals surface area contributed by atoms with Crippen LogP contribution in [0.4, 0.5) is 0 Å². The summed E-state index contributed by atoms with van der Waals surface area (Å²) in [5.41, 5.74) is 1.69. The summed E-state index contributed by atoms with van der Waals surface area (Å²) in [5, 5.41) is 3.73. The van der Waals surface area contributed by atoms with Crippen LogP contribution < -0.4 is 5.56 Å². The summed E-state index contributed by atoms with van der Waals surface area (Å²) in [7, 11) is 0. The van der Waals surface area contributed by atoms with Gasteiger partial charge in [0.05, 0.1) is 17.6 Å². The Morgan fingerprint density at radius 1 is 0.850 bits per heavy atom. The van der Waals surface area contributed by atoms with E-state index in [1.165, 1.54) is 4.57 Å². The molecule has 2 aromatic heterocycles. The van der Waals surface area contributed by atoms with Crippen LogP contribution in [0, 0.1) is 20.8 Å². The number of hydrogen-bond acceptors (Lipinski definition) is 13. The smallest absolute Gasteiger partial charge is 0.303 e. The number of carbonyl (C=O) groups is 4.